The standard InChI is InChI=1S/C11H15NO/c12-7-5-9-6-8-13-11-4-2-1-3-10(9)11/h1-4,9H,5-8,12H2/t9-/m1/s1. The Morgan fingerprint density at radius 1 is 1.38 bits per heavy atom. The van der Waals surface area contributed by atoms with Crippen LogP contribution in [0.3, 0.4) is 0 Å². The number of ether oxygens (including phenoxy) is 1. The zero-order valence-corrected chi connectivity index (χ0v) is 7.70. The predicted molar refractivity (Wildman–Crippen MR) is 53.0 cm³/mol. The van der Waals surface area contributed by atoms with E-state index in [0.29, 0.717) is 5.92 Å². The Hall–Kier alpha value is -1.02. The van der Waals surface area contributed by atoms with E-state index < -0.39 is 0 Å². The summed E-state index contributed by atoms with van der Waals surface area (Å²) in [6.07, 6.45) is 2.18. The smallest absolute Gasteiger partial charge is 0.122 e. The zero-order chi connectivity index (χ0) is 9.10. The van der Waals surface area contributed by atoms with Crippen LogP contribution >= 0.6 is 0 Å². The van der Waals surface area contributed by atoms with Crippen LogP contribution in [-0.4, -0.2) is 13.2 Å². The zero-order valence-electron chi connectivity index (χ0n) is 7.70. The highest BCUT2D eigenvalue weighted by Gasteiger charge is 2.19. The highest BCUT2D eigenvalue weighted by molar-refractivity contribution is 5.37. The van der Waals surface area contributed by atoms with Gasteiger partial charge in [0.15, 0.2) is 0 Å². The largest absolute Gasteiger partial charge is 0.493 e. The molecule has 0 saturated carbocycles. The van der Waals surface area contributed by atoms with Crippen molar-refractivity contribution in [3.05, 3.63) is 29.8 Å². The van der Waals surface area contributed by atoms with Gasteiger partial charge in [-0.15, -0.1) is 0 Å². The van der Waals surface area contributed by atoms with Gasteiger partial charge in [0.1, 0.15) is 5.75 Å². The molecule has 0 fully saturated rings. The first-order valence-electron chi connectivity index (χ1n) is 4.83. The van der Waals surface area contributed by atoms with Gasteiger partial charge >= 0.3 is 0 Å². The predicted octanol–water partition coefficient (Wildman–Crippen LogP) is 1.90. The van der Waals surface area contributed by atoms with E-state index >= 15 is 0 Å². The Kier molecular flexibility index (Phi) is 2.50. The maximum atomic E-state index is 5.58. The molecule has 2 nitrogen and oxygen atoms in total. The molecule has 1 aliphatic rings. The molecule has 1 aliphatic heterocycles. The quantitative estimate of drug-likeness (QED) is 0.748. The van der Waals surface area contributed by atoms with E-state index in [1.807, 2.05) is 12.1 Å². The number of rotatable bonds is 2. The van der Waals surface area contributed by atoms with Gasteiger partial charge in [0.25, 0.3) is 0 Å². The number of hydrogen-bond donors (Lipinski definition) is 1. The van der Waals surface area contributed by atoms with Gasteiger partial charge in [-0.05, 0) is 36.9 Å². The Balaban J connectivity index is 2.26. The number of fused-ring (bicyclic) bond motifs is 1. The first-order chi connectivity index (χ1) is 6.42. The fraction of sp³-hybridized carbons (Fsp3) is 0.455. The molecule has 0 unspecified atom stereocenters. The first-order valence-corrected chi connectivity index (χ1v) is 4.83. The summed E-state index contributed by atoms with van der Waals surface area (Å²) in [6, 6.07) is 8.27. The molecular formula is C11H15NO. The lowest BCUT2D eigenvalue weighted by Crippen LogP contribution is -2.16. The fourth-order valence-electron chi connectivity index (χ4n) is 1.92. The van der Waals surface area contributed by atoms with Crippen molar-refractivity contribution in [2.24, 2.45) is 5.73 Å². The van der Waals surface area contributed by atoms with Gasteiger partial charge < -0.3 is 10.5 Å². The first kappa shape index (κ1) is 8.57. The normalized spacial score (nSPS) is 20.5. The summed E-state index contributed by atoms with van der Waals surface area (Å²) in [7, 11) is 0. The molecule has 0 aromatic heterocycles. The Morgan fingerprint density at radius 3 is 3.08 bits per heavy atom. The second-order valence-corrected chi connectivity index (χ2v) is 3.45. The molecule has 70 valence electrons. The van der Waals surface area contributed by atoms with E-state index in [1.165, 1.54) is 5.56 Å². The minimum absolute atomic E-state index is 0.606. The molecule has 0 bridgehead atoms. The van der Waals surface area contributed by atoms with Gasteiger partial charge in [-0.1, -0.05) is 18.2 Å². The fourth-order valence-corrected chi connectivity index (χ4v) is 1.92. The third-order valence-electron chi connectivity index (χ3n) is 2.60. The van der Waals surface area contributed by atoms with Crippen molar-refractivity contribution in [3.8, 4) is 5.75 Å². The molecule has 1 aromatic rings. The van der Waals surface area contributed by atoms with Gasteiger partial charge in [-0.25, -0.2) is 0 Å². The Bertz CT molecular complexity index is 285. The monoisotopic (exact) mass is 177 g/mol. The molecule has 1 aromatic carbocycles. The van der Waals surface area contributed by atoms with Crippen molar-refractivity contribution in [3.63, 3.8) is 0 Å². The summed E-state index contributed by atoms with van der Waals surface area (Å²) in [4.78, 5) is 0. The number of nitrogens with two attached hydrogens (primary N) is 1. The average molecular weight is 177 g/mol. The van der Waals surface area contributed by atoms with Crippen LogP contribution in [0.1, 0.15) is 24.3 Å². The average Bonchev–Trinajstić information content (AvgIpc) is 2.19. The lowest BCUT2D eigenvalue weighted by atomic mass is 9.90. The summed E-state index contributed by atoms with van der Waals surface area (Å²) in [5, 5.41) is 0. The van der Waals surface area contributed by atoms with Gasteiger partial charge in [-0.2, -0.15) is 0 Å². The molecule has 0 saturated heterocycles. The summed E-state index contributed by atoms with van der Waals surface area (Å²) in [5.74, 6) is 1.65. The van der Waals surface area contributed by atoms with Crippen molar-refractivity contribution in [1.29, 1.82) is 0 Å². The number of hydrogen-bond acceptors (Lipinski definition) is 2. The van der Waals surface area contributed by atoms with Gasteiger partial charge in [0.05, 0.1) is 6.61 Å². The molecule has 0 spiro atoms. The third kappa shape index (κ3) is 1.68. The maximum Gasteiger partial charge on any atom is 0.122 e. The van der Waals surface area contributed by atoms with Crippen LogP contribution in [0.5, 0.6) is 5.75 Å². The second-order valence-electron chi connectivity index (χ2n) is 3.45. The van der Waals surface area contributed by atoms with Crippen molar-refractivity contribution in [2.45, 2.75) is 18.8 Å². The van der Waals surface area contributed by atoms with Crippen LogP contribution in [0.2, 0.25) is 0 Å². The van der Waals surface area contributed by atoms with Gasteiger partial charge in [0, 0.05) is 0 Å². The van der Waals surface area contributed by atoms with Crippen LogP contribution in [0.4, 0.5) is 0 Å². The number of benzene rings is 1. The highest BCUT2D eigenvalue weighted by atomic mass is 16.5. The Morgan fingerprint density at radius 2 is 2.23 bits per heavy atom. The molecule has 2 heteroatoms. The lowest BCUT2D eigenvalue weighted by molar-refractivity contribution is 0.264. The lowest BCUT2D eigenvalue weighted by Gasteiger charge is -2.25. The molecule has 2 N–H and O–H groups in total. The molecule has 13 heavy (non-hydrogen) atoms. The van der Waals surface area contributed by atoms with Crippen molar-refractivity contribution >= 4 is 0 Å². The van der Waals surface area contributed by atoms with Crippen LogP contribution in [-0.2, 0) is 0 Å². The molecular weight excluding hydrogens is 162 g/mol. The van der Waals surface area contributed by atoms with Crippen LogP contribution in [0.25, 0.3) is 0 Å². The minimum atomic E-state index is 0.606. The van der Waals surface area contributed by atoms with E-state index in [4.69, 9.17) is 10.5 Å². The molecule has 1 heterocycles. The van der Waals surface area contributed by atoms with E-state index in [-0.39, 0.29) is 0 Å². The molecule has 2 rings (SSSR count). The highest BCUT2D eigenvalue weighted by Crippen LogP contribution is 2.34. The maximum absolute atomic E-state index is 5.58. The van der Waals surface area contributed by atoms with Crippen molar-refractivity contribution in [1.82, 2.24) is 0 Å². The van der Waals surface area contributed by atoms with E-state index in [9.17, 15) is 0 Å². The summed E-state index contributed by atoms with van der Waals surface area (Å²) in [6.45, 7) is 1.60. The molecule has 0 radical (unpaired) electrons. The molecule has 0 aliphatic carbocycles. The topological polar surface area (TPSA) is 35.2 Å². The summed E-state index contributed by atoms with van der Waals surface area (Å²) < 4.78 is 5.56. The molecule has 1 atom stereocenters. The van der Waals surface area contributed by atoms with E-state index in [2.05, 4.69) is 12.1 Å². The van der Waals surface area contributed by atoms with Crippen molar-refractivity contribution < 1.29 is 4.74 Å². The third-order valence-corrected chi connectivity index (χ3v) is 2.60. The number of para-hydroxylation sites is 1. The molecule has 0 amide bonds. The van der Waals surface area contributed by atoms with Crippen LogP contribution in [0.15, 0.2) is 24.3 Å². The van der Waals surface area contributed by atoms with Crippen LogP contribution in [0, 0.1) is 0 Å². The van der Waals surface area contributed by atoms with E-state index in [1.54, 1.807) is 0 Å². The summed E-state index contributed by atoms with van der Waals surface area (Å²) >= 11 is 0. The van der Waals surface area contributed by atoms with E-state index in [0.717, 1.165) is 31.7 Å². The minimum Gasteiger partial charge on any atom is -0.493 e. The van der Waals surface area contributed by atoms with Gasteiger partial charge in [-0.3, -0.25) is 0 Å². The van der Waals surface area contributed by atoms with Gasteiger partial charge in [0.2, 0.25) is 0 Å². The van der Waals surface area contributed by atoms with Crippen molar-refractivity contribution in [2.75, 3.05) is 13.2 Å². The Labute approximate surface area is 78.7 Å². The van der Waals surface area contributed by atoms with Crippen LogP contribution < -0.4 is 10.5 Å². The second kappa shape index (κ2) is 3.79. The summed E-state index contributed by atoms with van der Waals surface area (Å²) in [5.41, 5.74) is 6.91. The SMILES string of the molecule is NCC[C@@H]1CCOc2ccccc21.